The third-order valence-corrected chi connectivity index (χ3v) is 4.94. The van der Waals surface area contributed by atoms with E-state index in [9.17, 15) is 0 Å². The van der Waals surface area contributed by atoms with E-state index >= 15 is 0 Å². The quantitative estimate of drug-likeness (QED) is 0.802. The van der Waals surface area contributed by atoms with Crippen LogP contribution >= 0.6 is 34.3 Å². The Kier molecular flexibility index (Phi) is 4.62. The van der Waals surface area contributed by atoms with Crippen molar-refractivity contribution >= 4 is 34.3 Å². The standard InChI is InChI=1S/C13H16ClNS2/c1-9-7-11(10(2)16-9)8-15-6-5-12-3-4-13(14)17-12/h3-4,7,15H,5-6,8H2,1-2H3. The predicted octanol–water partition coefficient (Wildman–Crippen LogP) is 4.41. The molecule has 0 radical (unpaired) electrons. The van der Waals surface area contributed by atoms with Crippen LogP contribution in [0.25, 0.3) is 0 Å². The third kappa shape index (κ3) is 3.81. The van der Waals surface area contributed by atoms with Gasteiger partial charge < -0.3 is 5.32 Å². The molecular weight excluding hydrogens is 270 g/mol. The summed E-state index contributed by atoms with van der Waals surface area (Å²) in [6, 6.07) is 6.34. The van der Waals surface area contributed by atoms with Crippen LogP contribution in [0.15, 0.2) is 18.2 Å². The molecule has 2 rings (SSSR count). The van der Waals surface area contributed by atoms with Crippen molar-refractivity contribution in [3.63, 3.8) is 0 Å². The molecule has 0 unspecified atom stereocenters. The van der Waals surface area contributed by atoms with Crippen molar-refractivity contribution in [2.24, 2.45) is 0 Å². The van der Waals surface area contributed by atoms with Crippen LogP contribution in [0.4, 0.5) is 0 Å². The molecule has 0 aliphatic carbocycles. The Morgan fingerprint density at radius 2 is 2.06 bits per heavy atom. The highest BCUT2D eigenvalue weighted by Crippen LogP contribution is 2.22. The van der Waals surface area contributed by atoms with Gasteiger partial charge in [-0.3, -0.25) is 0 Å². The average Bonchev–Trinajstić information content (AvgIpc) is 2.81. The second kappa shape index (κ2) is 6.01. The summed E-state index contributed by atoms with van der Waals surface area (Å²) in [6.07, 6.45) is 1.06. The second-order valence-electron chi connectivity index (χ2n) is 4.07. The molecule has 1 nitrogen and oxygen atoms in total. The topological polar surface area (TPSA) is 12.0 Å². The number of halogens is 1. The fraction of sp³-hybridized carbons (Fsp3) is 0.385. The van der Waals surface area contributed by atoms with E-state index in [0.717, 1.165) is 23.8 Å². The summed E-state index contributed by atoms with van der Waals surface area (Å²) in [5.41, 5.74) is 1.43. The van der Waals surface area contributed by atoms with Gasteiger partial charge in [0.15, 0.2) is 0 Å². The first-order valence-corrected chi connectivity index (χ1v) is 7.67. The molecule has 0 spiro atoms. The lowest BCUT2D eigenvalue weighted by atomic mass is 10.2. The molecule has 2 heterocycles. The summed E-state index contributed by atoms with van der Waals surface area (Å²) >= 11 is 9.43. The molecule has 0 fully saturated rings. The van der Waals surface area contributed by atoms with E-state index in [1.54, 1.807) is 11.3 Å². The maximum atomic E-state index is 5.89. The first kappa shape index (κ1) is 13.1. The Labute approximate surface area is 115 Å². The second-order valence-corrected chi connectivity index (χ2v) is 7.33. The van der Waals surface area contributed by atoms with Gasteiger partial charge in [-0.25, -0.2) is 0 Å². The highest BCUT2D eigenvalue weighted by atomic mass is 35.5. The van der Waals surface area contributed by atoms with Crippen LogP contribution < -0.4 is 5.32 Å². The minimum absolute atomic E-state index is 0.879. The zero-order valence-corrected chi connectivity index (χ0v) is 12.4. The number of rotatable bonds is 5. The lowest BCUT2D eigenvalue weighted by molar-refractivity contribution is 0.690. The van der Waals surface area contributed by atoms with E-state index in [2.05, 4.69) is 31.3 Å². The fourth-order valence-electron chi connectivity index (χ4n) is 1.78. The van der Waals surface area contributed by atoms with E-state index in [1.807, 2.05) is 17.4 Å². The van der Waals surface area contributed by atoms with E-state index < -0.39 is 0 Å². The summed E-state index contributed by atoms with van der Waals surface area (Å²) in [5, 5.41) is 3.48. The van der Waals surface area contributed by atoms with Gasteiger partial charge in [0.05, 0.1) is 4.34 Å². The molecule has 1 N–H and O–H groups in total. The summed E-state index contributed by atoms with van der Waals surface area (Å²) in [7, 11) is 0. The molecule has 2 aromatic rings. The molecule has 92 valence electrons. The summed E-state index contributed by atoms with van der Waals surface area (Å²) in [6.45, 7) is 6.32. The Bertz CT molecular complexity index is 487. The van der Waals surface area contributed by atoms with Crippen LogP contribution in [-0.4, -0.2) is 6.54 Å². The van der Waals surface area contributed by atoms with E-state index in [-0.39, 0.29) is 0 Å². The zero-order valence-electron chi connectivity index (χ0n) is 10.0. The molecule has 2 aromatic heterocycles. The maximum absolute atomic E-state index is 5.89. The number of nitrogens with one attached hydrogen (secondary N) is 1. The number of thiophene rings is 2. The van der Waals surface area contributed by atoms with Gasteiger partial charge >= 0.3 is 0 Å². The SMILES string of the molecule is Cc1cc(CNCCc2ccc(Cl)s2)c(C)s1. The van der Waals surface area contributed by atoms with Crippen molar-refractivity contribution in [2.45, 2.75) is 26.8 Å². The van der Waals surface area contributed by atoms with Gasteiger partial charge in [-0.05, 0) is 44.0 Å². The molecule has 0 atom stereocenters. The van der Waals surface area contributed by atoms with Crippen LogP contribution in [-0.2, 0) is 13.0 Å². The van der Waals surface area contributed by atoms with Crippen molar-refractivity contribution in [2.75, 3.05) is 6.54 Å². The fourth-order valence-corrected chi connectivity index (χ4v) is 3.81. The normalized spacial score (nSPS) is 11.0. The first-order chi connectivity index (χ1) is 8.15. The monoisotopic (exact) mass is 285 g/mol. The number of aryl methyl sites for hydroxylation is 2. The summed E-state index contributed by atoms with van der Waals surface area (Å²) in [4.78, 5) is 4.17. The Hall–Kier alpha value is -0.350. The van der Waals surface area contributed by atoms with Crippen molar-refractivity contribution in [1.82, 2.24) is 5.32 Å². The Balaban J connectivity index is 1.75. The van der Waals surface area contributed by atoms with Gasteiger partial charge in [-0.15, -0.1) is 22.7 Å². The minimum atomic E-state index is 0.879. The van der Waals surface area contributed by atoms with Gasteiger partial charge in [0.1, 0.15) is 0 Å². The zero-order chi connectivity index (χ0) is 12.3. The van der Waals surface area contributed by atoms with Crippen LogP contribution in [0.5, 0.6) is 0 Å². The predicted molar refractivity (Wildman–Crippen MR) is 78.5 cm³/mol. The van der Waals surface area contributed by atoms with Crippen LogP contribution in [0.3, 0.4) is 0 Å². The highest BCUT2D eigenvalue weighted by Gasteiger charge is 2.02. The minimum Gasteiger partial charge on any atom is -0.312 e. The molecule has 17 heavy (non-hydrogen) atoms. The number of hydrogen-bond donors (Lipinski definition) is 1. The van der Waals surface area contributed by atoms with Crippen LogP contribution in [0.2, 0.25) is 4.34 Å². The summed E-state index contributed by atoms with van der Waals surface area (Å²) in [5.74, 6) is 0. The molecule has 0 saturated carbocycles. The smallest absolute Gasteiger partial charge is 0.0931 e. The highest BCUT2D eigenvalue weighted by molar-refractivity contribution is 7.16. The molecule has 0 aliphatic rings. The molecule has 0 aromatic carbocycles. The van der Waals surface area contributed by atoms with Crippen molar-refractivity contribution in [3.8, 4) is 0 Å². The lowest BCUT2D eigenvalue weighted by Gasteiger charge is -2.03. The van der Waals surface area contributed by atoms with Crippen molar-refractivity contribution in [1.29, 1.82) is 0 Å². The summed E-state index contributed by atoms with van der Waals surface area (Å²) < 4.78 is 0.879. The molecule has 0 bridgehead atoms. The third-order valence-electron chi connectivity index (χ3n) is 2.64. The van der Waals surface area contributed by atoms with Crippen molar-refractivity contribution in [3.05, 3.63) is 42.7 Å². The van der Waals surface area contributed by atoms with Gasteiger partial charge in [0.2, 0.25) is 0 Å². The molecule has 0 saturated heterocycles. The average molecular weight is 286 g/mol. The maximum Gasteiger partial charge on any atom is 0.0931 e. The van der Waals surface area contributed by atoms with Gasteiger partial charge in [-0.1, -0.05) is 11.6 Å². The van der Waals surface area contributed by atoms with Crippen molar-refractivity contribution < 1.29 is 0 Å². The Morgan fingerprint density at radius 3 is 2.65 bits per heavy atom. The molecule has 4 heteroatoms. The molecular formula is C13H16ClNS2. The van der Waals surface area contributed by atoms with Crippen LogP contribution in [0.1, 0.15) is 20.2 Å². The largest absolute Gasteiger partial charge is 0.312 e. The van der Waals surface area contributed by atoms with Gasteiger partial charge in [0.25, 0.3) is 0 Å². The van der Waals surface area contributed by atoms with E-state index in [1.165, 1.54) is 20.2 Å². The first-order valence-electron chi connectivity index (χ1n) is 5.66. The Morgan fingerprint density at radius 1 is 1.24 bits per heavy atom. The van der Waals surface area contributed by atoms with E-state index in [0.29, 0.717) is 0 Å². The lowest BCUT2D eigenvalue weighted by Crippen LogP contribution is -2.16. The van der Waals surface area contributed by atoms with Gasteiger partial charge in [0, 0.05) is 27.7 Å². The molecule has 0 amide bonds. The van der Waals surface area contributed by atoms with Crippen LogP contribution in [0, 0.1) is 13.8 Å². The van der Waals surface area contributed by atoms with E-state index in [4.69, 9.17) is 11.6 Å². The molecule has 0 aliphatic heterocycles. The van der Waals surface area contributed by atoms with Gasteiger partial charge in [-0.2, -0.15) is 0 Å². The number of hydrogen-bond acceptors (Lipinski definition) is 3.